The molecule has 28 heavy (non-hydrogen) atoms. The summed E-state index contributed by atoms with van der Waals surface area (Å²) in [6.07, 6.45) is -11.1. The highest BCUT2D eigenvalue weighted by Gasteiger charge is 2.44. The van der Waals surface area contributed by atoms with Gasteiger partial charge in [-0.2, -0.15) is 39.5 Å². The summed E-state index contributed by atoms with van der Waals surface area (Å²) in [6, 6.07) is 0. The molecule has 0 saturated heterocycles. The summed E-state index contributed by atoms with van der Waals surface area (Å²) >= 11 is 0. The molecule has 0 aromatic heterocycles. The first-order valence-corrected chi connectivity index (χ1v) is 8.80. The number of hydrogen-bond acceptors (Lipinski definition) is 3. The molecule has 170 valence electrons. The van der Waals surface area contributed by atoms with E-state index in [1.54, 1.807) is 0 Å². The summed E-state index contributed by atoms with van der Waals surface area (Å²) in [5.41, 5.74) is 0. The maximum Gasteiger partial charge on any atom is 0.412 e. The van der Waals surface area contributed by atoms with Crippen LogP contribution in [0.4, 0.5) is 39.5 Å². The van der Waals surface area contributed by atoms with Crippen molar-refractivity contribution in [2.75, 3.05) is 19.8 Å². The minimum Gasteiger partial charge on any atom is -0.318 e. The van der Waals surface area contributed by atoms with Gasteiger partial charge in [0.15, 0.2) is 0 Å². The summed E-state index contributed by atoms with van der Waals surface area (Å²) in [5.74, 6) is -3.09. The Hall–Kier alpha value is -0.750. The maximum atomic E-state index is 12.4. The van der Waals surface area contributed by atoms with Crippen LogP contribution >= 0.6 is 0 Å². The number of rotatable bonds is 14. The van der Waals surface area contributed by atoms with Crippen LogP contribution in [0.3, 0.4) is 0 Å². The van der Waals surface area contributed by atoms with Crippen molar-refractivity contribution in [1.82, 2.24) is 0 Å². The van der Waals surface area contributed by atoms with Crippen LogP contribution in [0.15, 0.2) is 0 Å². The Bertz CT molecular complexity index is 360. The Morgan fingerprint density at radius 1 is 0.500 bits per heavy atom. The number of unbranched alkanes of at least 4 members (excludes halogenated alkanes) is 6. The van der Waals surface area contributed by atoms with E-state index in [-0.39, 0.29) is 6.42 Å². The fraction of sp³-hybridized carbons (Fsp3) is 1.00. The molecule has 0 aromatic rings. The number of alkyl halides is 9. The molecular weight excluding hydrogens is 411 g/mol. The first kappa shape index (κ1) is 27.2. The zero-order chi connectivity index (χ0) is 21.9. The molecule has 0 amide bonds. The Morgan fingerprint density at radius 2 is 0.821 bits per heavy atom. The first-order chi connectivity index (χ1) is 12.7. The largest absolute Gasteiger partial charge is 0.412 e. The highest BCUT2D eigenvalue weighted by atomic mass is 19.4. The summed E-state index contributed by atoms with van der Waals surface area (Å²) in [6.45, 7) is -4.35. The third-order valence-electron chi connectivity index (χ3n) is 3.45. The van der Waals surface area contributed by atoms with E-state index in [1.807, 2.05) is 6.92 Å². The lowest BCUT2D eigenvalue weighted by Crippen LogP contribution is -2.45. The molecule has 0 bridgehead atoms. The molecule has 0 rings (SSSR count). The van der Waals surface area contributed by atoms with Crippen LogP contribution in [-0.4, -0.2) is 44.3 Å². The van der Waals surface area contributed by atoms with E-state index in [9.17, 15) is 39.5 Å². The smallest absolute Gasteiger partial charge is 0.318 e. The van der Waals surface area contributed by atoms with E-state index in [0.29, 0.717) is 12.8 Å². The van der Waals surface area contributed by atoms with Gasteiger partial charge in [0.2, 0.25) is 0 Å². The molecule has 3 nitrogen and oxygen atoms in total. The van der Waals surface area contributed by atoms with Crippen molar-refractivity contribution in [2.45, 2.75) is 82.8 Å². The fourth-order valence-electron chi connectivity index (χ4n) is 2.22. The Kier molecular flexibility index (Phi) is 11.7. The molecule has 0 fully saturated rings. The van der Waals surface area contributed by atoms with Gasteiger partial charge in [-0.05, 0) is 6.42 Å². The second-order valence-corrected chi connectivity index (χ2v) is 6.27. The van der Waals surface area contributed by atoms with Crippen LogP contribution in [0.25, 0.3) is 0 Å². The summed E-state index contributed by atoms with van der Waals surface area (Å²) in [4.78, 5) is 0. The van der Waals surface area contributed by atoms with Gasteiger partial charge in [0.1, 0.15) is 19.8 Å². The van der Waals surface area contributed by atoms with Crippen molar-refractivity contribution in [3.63, 3.8) is 0 Å². The normalized spacial score (nSPS) is 13.9. The molecule has 0 aromatic carbocycles. The minimum atomic E-state index is -4.99. The predicted molar refractivity (Wildman–Crippen MR) is 81.4 cm³/mol. The van der Waals surface area contributed by atoms with Crippen LogP contribution in [0.5, 0.6) is 0 Å². The van der Waals surface area contributed by atoms with Gasteiger partial charge >= 0.3 is 18.5 Å². The van der Waals surface area contributed by atoms with Crippen LogP contribution in [0.2, 0.25) is 0 Å². The summed E-state index contributed by atoms with van der Waals surface area (Å²) < 4.78 is 125. The van der Waals surface area contributed by atoms with Crippen molar-refractivity contribution in [1.29, 1.82) is 0 Å². The monoisotopic (exact) mass is 436 g/mol. The second kappa shape index (κ2) is 12.1. The molecule has 0 saturated carbocycles. The molecule has 0 aliphatic rings. The lowest BCUT2D eigenvalue weighted by molar-refractivity contribution is -0.425. The van der Waals surface area contributed by atoms with Crippen LogP contribution in [-0.2, 0) is 14.2 Å². The zero-order valence-corrected chi connectivity index (χ0v) is 15.4. The first-order valence-electron chi connectivity index (χ1n) is 8.80. The van der Waals surface area contributed by atoms with Crippen molar-refractivity contribution in [2.24, 2.45) is 0 Å². The fourth-order valence-corrected chi connectivity index (χ4v) is 2.22. The number of halogens is 9. The van der Waals surface area contributed by atoms with E-state index in [4.69, 9.17) is 0 Å². The van der Waals surface area contributed by atoms with Gasteiger partial charge < -0.3 is 14.2 Å². The van der Waals surface area contributed by atoms with E-state index >= 15 is 0 Å². The van der Waals surface area contributed by atoms with Gasteiger partial charge in [0.05, 0.1) is 0 Å². The van der Waals surface area contributed by atoms with Gasteiger partial charge in [-0.3, -0.25) is 0 Å². The van der Waals surface area contributed by atoms with Crippen molar-refractivity contribution >= 4 is 0 Å². The highest BCUT2D eigenvalue weighted by molar-refractivity contribution is 4.65. The van der Waals surface area contributed by atoms with Crippen molar-refractivity contribution in [3.05, 3.63) is 0 Å². The van der Waals surface area contributed by atoms with E-state index in [2.05, 4.69) is 14.2 Å². The molecule has 0 spiro atoms. The Morgan fingerprint density at radius 3 is 1.14 bits per heavy atom. The lowest BCUT2D eigenvalue weighted by Gasteiger charge is -2.34. The van der Waals surface area contributed by atoms with E-state index in [1.165, 1.54) is 0 Å². The molecular formula is C16H25F9O3. The highest BCUT2D eigenvalue weighted by Crippen LogP contribution is 2.31. The minimum absolute atomic E-state index is 0.0281. The van der Waals surface area contributed by atoms with Gasteiger partial charge in [0.25, 0.3) is 5.97 Å². The average molecular weight is 436 g/mol. The lowest BCUT2D eigenvalue weighted by atomic mass is 10.1. The second-order valence-electron chi connectivity index (χ2n) is 6.27. The predicted octanol–water partition coefficient (Wildman–Crippen LogP) is 6.52. The standard InChI is InChI=1S/C16H25F9O3/c1-2-3-4-5-6-7-8-9-16(26-10-13(17,18)19,27-11-14(20,21)22)28-12-15(23,24)25/h2-12H2,1H3. The SMILES string of the molecule is CCCCCCCCCC(OCC(F)(F)F)(OCC(F)(F)F)OCC(F)(F)F. The molecule has 0 unspecified atom stereocenters. The molecule has 0 heterocycles. The van der Waals surface area contributed by atoms with Crippen molar-refractivity contribution in [3.8, 4) is 0 Å². The van der Waals surface area contributed by atoms with Crippen LogP contribution < -0.4 is 0 Å². The Labute approximate surface area is 157 Å². The van der Waals surface area contributed by atoms with Gasteiger partial charge in [-0.15, -0.1) is 0 Å². The van der Waals surface area contributed by atoms with Gasteiger partial charge in [-0.1, -0.05) is 45.4 Å². The molecule has 0 aliphatic heterocycles. The quantitative estimate of drug-likeness (QED) is 0.176. The summed E-state index contributed by atoms with van der Waals surface area (Å²) in [5, 5.41) is 0. The van der Waals surface area contributed by atoms with Gasteiger partial charge in [-0.25, -0.2) is 0 Å². The van der Waals surface area contributed by atoms with Gasteiger partial charge in [0, 0.05) is 6.42 Å². The van der Waals surface area contributed by atoms with Crippen LogP contribution in [0.1, 0.15) is 58.3 Å². The average Bonchev–Trinajstić information content (AvgIpc) is 2.52. The molecule has 0 N–H and O–H groups in total. The third kappa shape index (κ3) is 16.2. The summed E-state index contributed by atoms with van der Waals surface area (Å²) in [7, 11) is 0. The molecule has 0 aliphatic carbocycles. The zero-order valence-electron chi connectivity index (χ0n) is 15.4. The Balaban J connectivity index is 5.03. The van der Waals surface area contributed by atoms with E-state index in [0.717, 1.165) is 25.7 Å². The van der Waals surface area contributed by atoms with Crippen LogP contribution in [0, 0.1) is 0 Å². The molecule has 12 heteroatoms. The topological polar surface area (TPSA) is 27.7 Å². The van der Waals surface area contributed by atoms with E-state index < -0.39 is 50.7 Å². The number of hydrogen-bond donors (Lipinski definition) is 0. The maximum absolute atomic E-state index is 12.4. The molecule has 0 radical (unpaired) electrons. The third-order valence-corrected chi connectivity index (χ3v) is 3.45. The van der Waals surface area contributed by atoms with Crippen molar-refractivity contribution < 1.29 is 53.7 Å². The molecule has 0 atom stereocenters. The number of ether oxygens (including phenoxy) is 3.